The molecule has 1 aromatic rings. The molecule has 3 N–H and O–H groups in total. The normalized spacial score (nSPS) is 15.5. The van der Waals surface area contributed by atoms with Crippen LogP contribution >= 0.6 is 37.2 Å². The molecule has 0 aromatic heterocycles. The van der Waals surface area contributed by atoms with Gasteiger partial charge in [0.1, 0.15) is 0 Å². The molecule has 0 bridgehead atoms. The Morgan fingerprint density at radius 2 is 1.68 bits per heavy atom. The second-order valence-corrected chi connectivity index (χ2v) is 6.55. The first-order valence-corrected chi connectivity index (χ1v) is 9.17. The van der Waals surface area contributed by atoms with E-state index in [0.29, 0.717) is 19.5 Å². The van der Waals surface area contributed by atoms with Crippen molar-refractivity contribution in [1.29, 1.82) is 0 Å². The number of carbonyl (C=O) groups is 1. The van der Waals surface area contributed by atoms with Gasteiger partial charge in [0.15, 0.2) is 0 Å². The van der Waals surface area contributed by atoms with Gasteiger partial charge in [0.25, 0.3) is 0 Å². The van der Waals surface area contributed by atoms with Gasteiger partial charge in [0, 0.05) is 52.9 Å². The Morgan fingerprint density at radius 1 is 1.11 bits per heavy atom. The molecule has 9 heteroatoms. The van der Waals surface area contributed by atoms with Crippen LogP contribution in [0.15, 0.2) is 24.3 Å². The van der Waals surface area contributed by atoms with Crippen LogP contribution in [0.2, 0.25) is 0 Å². The van der Waals surface area contributed by atoms with Gasteiger partial charge in [-0.1, -0.05) is 31.2 Å². The summed E-state index contributed by atoms with van der Waals surface area (Å²) in [5.41, 5.74) is 8.04. The maximum absolute atomic E-state index is 12.1. The number of nitrogens with two attached hydrogens (primary N) is 1. The standard InChI is InChI=1S/C19H32N4O2.3ClH/c1-3-22-8-10-23(11-9-22)15-17-7-5-4-6-16(17)14-21-19(24)12-18(13-20)25-2;;;/h4-7,18H,3,8-15,20H2,1-2H3,(H,21,24);3*1H. The van der Waals surface area contributed by atoms with Crippen LogP contribution < -0.4 is 11.1 Å². The molecule has 164 valence electrons. The fourth-order valence-corrected chi connectivity index (χ4v) is 3.12. The van der Waals surface area contributed by atoms with Gasteiger partial charge in [0.05, 0.1) is 12.5 Å². The lowest BCUT2D eigenvalue weighted by atomic mass is 10.1. The highest BCUT2D eigenvalue weighted by molar-refractivity contribution is 5.86. The molecule has 1 aliphatic rings. The molecular formula is C19H35Cl3N4O2. The summed E-state index contributed by atoms with van der Waals surface area (Å²) in [7, 11) is 1.58. The summed E-state index contributed by atoms with van der Waals surface area (Å²) >= 11 is 0. The van der Waals surface area contributed by atoms with E-state index in [0.717, 1.165) is 39.3 Å². The number of carbonyl (C=O) groups excluding carboxylic acids is 1. The molecule has 1 aromatic carbocycles. The van der Waals surface area contributed by atoms with Crippen LogP contribution in [0.3, 0.4) is 0 Å². The summed E-state index contributed by atoms with van der Waals surface area (Å²) in [5.74, 6) is -0.0244. The van der Waals surface area contributed by atoms with Crippen molar-refractivity contribution in [3.63, 3.8) is 0 Å². The number of nitrogens with zero attached hydrogens (tertiary/aromatic N) is 2. The highest BCUT2D eigenvalue weighted by Crippen LogP contribution is 2.13. The van der Waals surface area contributed by atoms with Crippen molar-refractivity contribution in [3.8, 4) is 0 Å². The molecule has 1 atom stereocenters. The van der Waals surface area contributed by atoms with Gasteiger partial charge in [-0.05, 0) is 17.7 Å². The third-order valence-electron chi connectivity index (χ3n) is 4.91. The number of ether oxygens (including phenoxy) is 1. The zero-order valence-corrected chi connectivity index (χ0v) is 19.2. The molecule has 1 unspecified atom stereocenters. The van der Waals surface area contributed by atoms with Crippen LogP contribution in [-0.4, -0.2) is 68.2 Å². The Morgan fingerprint density at radius 3 is 2.21 bits per heavy atom. The first-order valence-electron chi connectivity index (χ1n) is 9.17. The fraction of sp³-hybridized carbons (Fsp3) is 0.632. The van der Waals surface area contributed by atoms with Gasteiger partial charge >= 0.3 is 0 Å². The highest BCUT2D eigenvalue weighted by atomic mass is 35.5. The maximum Gasteiger partial charge on any atom is 0.222 e. The molecule has 6 nitrogen and oxygen atoms in total. The van der Waals surface area contributed by atoms with Crippen LogP contribution in [0.1, 0.15) is 24.5 Å². The van der Waals surface area contributed by atoms with Crippen molar-refractivity contribution in [1.82, 2.24) is 15.1 Å². The van der Waals surface area contributed by atoms with Crippen molar-refractivity contribution in [2.75, 3.05) is 46.4 Å². The third-order valence-corrected chi connectivity index (χ3v) is 4.91. The van der Waals surface area contributed by atoms with Crippen molar-refractivity contribution in [2.45, 2.75) is 32.5 Å². The zero-order chi connectivity index (χ0) is 18.1. The van der Waals surface area contributed by atoms with Gasteiger partial charge in [-0.25, -0.2) is 0 Å². The van der Waals surface area contributed by atoms with Gasteiger partial charge in [-0.15, -0.1) is 37.2 Å². The van der Waals surface area contributed by atoms with Crippen LogP contribution in [0.4, 0.5) is 0 Å². The number of likely N-dealkylation sites (N-methyl/N-ethyl adjacent to an activating group) is 1. The number of rotatable bonds is 9. The number of halogens is 3. The van der Waals surface area contributed by atoms with Crippen molar-refractivity contribution < 1.29 is 9.53 Å². The first-order chi connectivity index (χ1) is 12.2. The van der Waals surface area contributed by atoms with Crippen LogP contribution in [0, 0.1) is 0 Å². The van der Waals surface area contributed by atoms with E-state index < -0.39 is 0 Å². The molecule has 0 aliphatic carbocycles. The Hall–Kier alpha value is -0.600. The number of piperazine rings is 1. The molecule has 2 rings (SSSR count). The average molecular weight is 458 g/mol. The lowest BCUT2D eigenvalue weighted by Crippen LogP contribution is -2.45. The molecule has 1 saturated heterocycles. The van der Waals surface area contributed by atoms with E-state index in [2.05, 4.69) is 40.2 Å². The second kappa shape index (κ2) is 16.2. The number of amides is 1. The van der Waals surface area contributed by atoms with Gasteiger partial charge in [-0.3, -0.25) is 9.69 Å². The largest absolute Gasteiger partial charge is 0.380 e. The minimum absolute atomic E-state index is 0. The van der Waals surface area contributed by atoms with Crippen LogP contribution in [0.5, 0.6) is 0 Å². The number of nitrogens with one attached hydrogen (secondary N) is 1. The molecule has 0 spiro atoms. The fourth-order valence-electron chi connectivity index (χ4n) is 3.12. The summed E-state index contributed by atoms with van der Waals surface area (Å²) in [6.45, 7) is 9.64. The summed E-state index contributed by atoms with van der Waals surface area (Å²) < 4.78 is 5.17. The molecule has 0 saturated carbocycles. The van der Waals surface area contributed by atoms with Crippen LogP contribution in [0.25, 0.3) is 0 Å². The molecule has 1 fully saturated rings. The average Bonchev–Trinajstić information content (AvgIpc) is 2.66. The van der Waals surface area contributed by atoms with Gasteiger partial charge in [0.2, 0.25) is 5.91 Å². The number of hydrogen-bond acceptors (Lipinski definition) is 5. The molecule has 1 amide bonds. The Balaban J connectivity index is 0. The smallest absolute Gasteiger partial charge is 0.222 e. The minimum Gasteiger partial charge on any atom is -0.380 e. The van der Waals surface area contributed by atoms with Crippen molar-refractivity contribution in [3.05, 3.63) is 35.4 Å². The van der Waals surface area contributed by atoms with E-state index in [1.807, 2.05) is 6.07 Å². The topological polar surface area (TPSA) is 70.8 Å². The van der Waals surface area contributed by atoms with E-state index in [1.165, 1.54) is 11.1 Å². The summed E-state index contributed by atoms with van der Waals surface area (Å²) in [4.78, 5) is 17.0. The van der Waals surface area contributed by atoms with E-state index in [9.17, 15) is 4.79 Å². The predicted molar refractivity (Wildman–Crippen MR) is 122 cm³/mol. The predicted octanol–water partition coefficient (Wildman–Crippen LogP) is 2.07. The van der Waals surface area contributed by atoms with E-state index in [-0.39, 0.29) is 49.2 Å². The van der Waals surface area contributed by atoms with Crippen molar-refractivity contribution in [2.24, 2.45) is 5.73 Å². The number of hydrogen-bond donors (Lipinski definition) is 2. The van der Waals surface area contributed by atoms with E-state index >= 15 is 0 Å². The molecule has 1 heterocycles. The van der Waals surface area contributed by atoms with Crippen molar-refractivity contribution >= 4 is 43.1 Å². The lowest BCUT2D eigenvalue weighted by molar-refractivity contribution is -0.123. The maximum atomic E-state index is 12.1. The first kappa shape index (κ1) is 29.6. The highest BCUT2D eigenvalue weighted by Gasteiger charge is 2.17. The Kier molecular flexibility index (Phi) is 17.2. The number of methoxy groups -OCH3 is 1. The van der Waals surface area contributed by atoms with Gasteiger partial charge in [-0.2, -0.15) is 0 Å². The molecule has 0 radical (unpaired) electrons. The third kappa shape index (κ3) is 9.74. The Labute approximate surface area is 187 Å². The minimum atomic E-state index is -0.217. The zero-order valence-electron chi connectivity index (χ0n) is 16.8. The molecule has 1 aliphatic heterocycles. The number of benzene rings is 1. The van der Waals surface area contributed by atoms with E-state index in [1.54, 1.807) is 7.11 Å². The SMILES string of the molecule is CCN1CCN(Cc2ccccc2CNC(=O)CC(CN)OC)CC1.Cl.Cl.Cl. The summed E-state index contributed by atoms with van der Waals surface area (Å²) in [6, 6.07) is 8.34. The summed E-state index contributed by atoms with van der Waals surface area (Å²) in [5, 5.41) is 2.99. The monoisotopic (exact) mass is 456 g/mol. The molecule has 28 heavy (non-hydrogen) atoms. The van der Waals surface area contributed by atoms with E-state index in [4.69, 9.17) is 10.5 Å². The summed E-state index contributed by atoms with van der Waals surface area (Å²) in [6.07, 6.45) is 0.0823. The second-order valence-electron chi connectivity index (χ2n) is 6.55. The molecular weight excluding hydrogens is 423 g/mol. The Bertz CT molecular complexity index is 540. The lowest BCUT2D eigenvalue weighted by Gasteiger charge is -2.34. The van der Waals surface area contributed by atoms with Crippen LogP contribution in [-0.2, 0) is 22.6 Å². The van der Waals surface area contributed by atoms with Gasteiger partial charge < -0.3 is 20.7 Å². The quantitative estimate of drug-likeness (QED) is 0.594.